The standard InChI is InChI=1S/C13H11F3N4O2/c14-13(15,16)7-20-6-9(5-18-20)12(22)19-10-3-1-8(2-4-10)11(17)21/h1-6H,7H2,(H2,17,21)(H,19,22). The van der Waals surface area contributed by atoms with Crippen LogP contribution in [-0.4, -0.2) is 27.8 Å². The van der Waals surface area contributed by atoms with Gasteiger partial charge in [0.1, 0.15) is 6.54 Å². The maximum Gasteiger partial charge on any atom is 0.408 e. The molecule has 6 nitrogen and oxygen atoms in total. The molecule has 2 amide bonds. The van der Waals surface area contributed by atoms with E-state index in [9.17, 15) is 22.8 Å². The smallest absolute Gasteiger partial charge is 0.366 e. The van der Waals surface area contributed by atoms with E-state index in [-0.39, 0.29) is 11.1 Å². The van der Waals surface area contributed by atoms with E-state index in [4.69, 9.17) is 5.73 Å². The molecule has 0 aliphatic rings. The zero-order valence-electron chi connectivity index (χ0n) is 11.1. The number of hydrogen-bond acceptors (Lipinski definition) is 3. The summed E-state index contributed by atoms with van der Waals surface area (Å²) in [5.74, 6) is -1.22. The fourth-order valence-corrected chi connectivity index (χ4v) is 1.67. The van der Waals surface area contributed by atoms with Gasteiger partial charge in [0, 0.05) is 17.4 Å². The Hall–Kier alpha value is -2.84. The molecule has 22 heavy (non-hydrogen) atoms. The number of amides is 2. The molecule has 0 unspecified atom stereocenters. The molecule has 0 spiro atoms. The van der Waals surface area contributed by atoms with E-state index >= 15 is 0 Å². The number of alkyl halides is 3. The first-order valence-corrected chi connectivity index (χ1v) is 6.05. The molecule has 0 radical (unpaired) electrons. The van der Waals surface area contributed by atoms with Crippen LogP contribution in [0.5, 0.6) is 0 Å². The van der Waals surface area contributed by atoms with Gasteiger partial charge in [-0.2, -0.15) is 18.3 Å². The molecule has 9 heteroatoms. The van der Waals surface area contributed by atoms with Gasteiger partial charge in [0.15, 0.2) is 0 Å². The highest BCUT2D eigenvalue weighted by atomic mass is 19.4. The fourth-order valence-electron chi connectivity index (χ4n) is 1.67. The molecule has 1 heterocycles. The maximum atomic E-state index is 12.2. The molecular formula is C13H11F3N4O2. The number of nitrogens with zero attached hydrogens (tertiary/aromatic N) is 2. The van der Waals surface area contributed by atoms with Crippen molar-refractivity contribution in [3.63, 3.8) is 0 Å². The highest BCUT2D eigenvalue weighted by Gasteiger charge is 2.28. The summed E-state index contributed by atoms with van der Waals surface area (Å²) in [5, 5.41) is 5.95. The topological polar surface area (TPSA) is 90.0 Å². The Labute approximate surface area is 122 Å². The summed E-state index contributed by atoms with van der Waals surface area (Å²) in [6, 6.07) is 5.76. The van der Waals surface area contributed by atoms with Crippen molar-refractivity contribution in [3.05, 3.63) is 47.8 Å². The van der Waals surface area contributed by atoms with Gasteiger partial charge >= 0.3 is 6.18 Å². The number of nitrogens with two attached hydrogens (primary N) is 1. The van der Waals surface area contributed by atoms with Gasteiger partial charge in [-0.1, -0.05) is 0 Å². The van der Waals surface area contributed by atoms with E-state index in [0.717, 1.165) is 12.4 Å². The lowest BCUT2D eigenvalue weighted by Crippen LogP contribution is -2.18. The highest BCUT2D eigenvalue weighted by Crippen LogP contribution is 2.17. The molecule has 116 valence electrons. The number of rotatable bonds is 4. The number of carbonyl (C=O) groups excluding carboxylic acids is 2. The van der Waals surface area contributed by atoms with Crippen molar-refractivity contribution < 1.29 is 22.8 Å². The molecule has 0 aliphatic heterocycles. The minimum atomic E-state index is -4.41. The largest absolute Gasteiger partial charge is 0.408 e. The lowest BCUT2D eigenvalue weighted by atomic mass is 10.2. The molecule has 0 fully saturated rings. The highest BCUT2D eigenvalue weighted by molar-refractivity contribution is 6.04. The third-order valence-corrected chi connectivity index (χ3v) is 2.66. The van der Waals surface area contributed by atoms with E-state index < -0.39 is 24.5 Å². The van der Waals surface area contributed by atoms with Crippen molar-refractivity contribution in [2.45, 2.75) is 12.7 Å². The number of hydrogen-bond donors (Lipinski definition) is 2. The van der Waals surface area contributed by atoms with Crippen molar-refractivity contribution in [2.75, 3.05) is 5.32 Å². The Kier molecular flexibility index (Phi) is 4.15. The molecule has 3 N–H and O–H groups in total. The second kappa shape index (κ2) is 5.88. The first-order chi connectivity index (χ1) is 10.2. The molecule has 0 saturated heterocycles. The number of carbonyl (C=O) groups is 2. The summed E-state index contributed by atoms with van der Waals surface area (Å²) in [6.07, 6.45) is -2.37. The van der Waals surface area contributed by atoms with Gasteiger partial charge in [-0.25, -0.2) is 0 Å². The molecule has 1 aromatic heterocycles. The van der Waals surface area contributed by atoms with Crippen LogP contribution in [-0.2, 0) is 6.54 Å². The number of anilines is 1. The van der Waals surface area contributed by atoms with Gasteiger partial charge in [0.25, 0.3) is 5.91 Å². The van der Waals surface area contributed by atoms with Crippen LogP contribution in [0.3, 0.4) is 0 Å². The number of nitrogens with one attached hydrogen (secondary N) is 1. The maximum absolute atomic E-state index is 12.2. The zero-order valence-corrected chi connectivity index (χ0v) is 11.1. The van der Waals surface area contributed by atoms with Gasteiger partial charge in [0.05, 0.1) is 11.8 Å². The zero-order chi connectivity index (χ0) is 16.3. The van der Waals surface area contributed by atoms with E-state index in [2.05, 4.69) is 10.4 Å². The van der Waals surface area contributed by atoms with Crippen molar-refractivity contribution >= 4 is 17.5 Å². The van der Waals surface area contributed by atoms with Crippen LogP contribution < -0.4 is 11.1 Å². The molecular weight excluding hydrogens is 301 g/mol. The normalized spacial score (nSPS) is 11.2. The predicted octanol–water partition coefficient (Wildman–Crippen LogP) is 1.80. The average Bonchev–Trinajstić information content (AvgIpc) is 2.85. The summed E-state index contributed by atoms with van der Waals surface area (Å²) in [6.45, 7) is -1.27. The van der Waals surface area contributed by atoms with Crippen molar-refractivity contribution in [1.29, 1.82) is 0 Å². The van der Waals surface area contributed by atoms with Crippen LogP contribution in [0.2, 0.25) is 0 Å². The Morgan fingerprint density at radius 2 is 1.82 bits per heavy atom. The van der Waals surface area contributed by atoms with Gasteiger partial charge < -0.3 is 11.1 Å². The monoisotopic (exact) mass is 312 g/mol. The van der Waals surface area contributed by atoms with E-state index in [1.165, 1.54) is 24.3 Å². The molecule has 0 aliphatic carbocycles. The quantitative estimate of drug-likeness (QED) is 0.902. The van der Waals surface area contributed by atoms with E-state index in [1.54, 1.807) is 0 Å². The van der Waals surface area contributed by atoms with Gasteiger partial charge in [-0.15, -0.1) is 0 Å². The number of primary amides is 1. The first kappa shape index (κ1) is 15.5. The van der Waals surface area contributed by atoms with Crippen LogP contribution in [0.4, 0.5) is 18.9 Å². The van der Waals surface area contributed by atoms with Gasteiger partial charge in [-0.3, -0.25) is 14.3 Å². The third kappa shape index (κ3) is 4.08. The van der Waals surface area contributed by atoms with Gasteiger partial charge in [0.2, 0.25) is 5.91 Å². The summed E-state index contributed by atoms with van der Waals surface area (Å²) < 4.78 is 37.2. The lowest BCUT2D eigenvalue weighted by Gasteiger charge is -2.05. The second-order valence-corrected chi connectivity index (χ2v) is 4.44. The Bertz CT molecular complexity index is 692. The molecule has 2 aromatic rings. The summed E-state index contributed by atoms with van der Waals surface area (Å²) in [4.78, 5) is 22.8. The van der Waals surface area contributed by atoms with E-state index in [1.807, 2.05) is 0 Å². The van der Waals surface area contributed by atoms with Crippen molar-refractivity contribution in [3.8, 4) is 0 Å². The van der Waals surface area contributed by atoms with Crippen molar-refractivity contribution in [1.82, 2.24) is 9.78 Å². The molecule has 0 atom stereocenters. The SMILES string of the molecule is NC(=O)c1ccc(NC(=O)c2cnn(CC(F)(F)F)c2)cc1. The van der Waals surface area contributed by atoms with Crippen molar-refractivity contribution in [2.24, 2.45) is 5.73 Å². The average molecular weight is 312 g/mol. The van der Waals surface area contributed by atoms with Crippen LogP contribution in [0.15, 0.2) is 36.7 Å². The Balaban J connectivity index is 2.04. The van der Waals surface area contributed by atoms with Crippen LogP contribution in [0.1, 0.15) is 20.7 Å². The van der Waals surface area contributed by atoms with Gasteiger partial charge in [-0.05, 0) is 24.3 Å². The fraction of sp³-hybridized carbons (Fsp3) is 0.154. The lowest BCUT2D eigenvalue weighted by molar-refractivity contribution is -0.142. The number of halogens is 3. The molecule has 0 saturated carbocycles. The summed E-state index contributed by atoms with van der Waals surface area (Å²) in [7, 11) is 0. The Morgan fingerprint density at radius 3 is 2.36 bits per heavy atom. The van der Waals surface area contributed by atoms with Crippen LogP contribution in [0.25, 0.3) is 0 Å². The number of benzene rings is 1. The Morgan fingerprint density at radius 1 is 1.18 bits per heavy atom. The summed E-state index contributed by atoms with van der Waals surface area (Å²) >= 11 is 0. The second-order valence-electron chi connectivity index (χ2n) is 4.44. The molecule has 2 rings (SSSR count). The van der Waals surface area contributed by atoms with E-state index in [0.29, 0.717) is 10.4 Å². The van der Waals surface area contributed by atoms with Crippen LogP contribution >= 0.6 is 0 Å². The predicted molar refractivity (Wildman–Crippen MR) is 71.2 cm³/mol. The third-order valence-electron chi connectivity index (χ3n) is 2.66. The molecule has 0 bridgehead atoms. The first-order valence-electron chi connectivity index (χ1n) is 6.05. The summed E-state index contributed by atoms with van der Waals surface area (Å²) in [5.41, 5.74) is 5.72. The van der Waals surface area contributed by atoms with Crippen LogP contribution in [0, 0.1) is 0 Å². The minimum absolute atomic E-state index is 0.0109. The molecule has 1 aromatic carbocycles. The number of aromatic nitrogens is 2. The minimum Gasteiger partial charge on any atom is -0.366 e.